The molecule has 0 aliphatic carbocycles. The molecule has 3 aromatic heterocycles. The number of hydrogen-bond donors (Lipinski definition) is 1. The molecule has 5 heterocycles. The Morgan fingerprint density at radius 3 is 2.93 bits per heavy atom. The lowest BCUT2D eigenvalue weighted by atomic mass is 9.95. The highest BCUT2D eigenvalue weighted by atomic mass is 79.9. The van der Waals surface area contributed by atoms with Gasteiger partial charge in [-0.05, 0) is 41.4 Å². The Morgan fingerprint density at radius 1 is 1.21 bits per heavy atom. The molecule has 148 valence electrons. The topological polar surface area (TPSA) is 83.6 Å². The number of imidazole rings is 1. The van der Waals surface area contributed by atoms with Crippen molar-refractivity contribution in [3.05, 3.63) is 47.1 Å². The Labute approximate surface area is 177 Å². The maximum Gasteiger partial charge on any atom is 0.180 e. The van der Waals surface area contributed by atoms with E-state index in [1.54, 1.807) is 12.4 Å². The van der Waals surface area contributed by atoms with Gasteiger partial charge < -0.3 is 10.2 Å². The van der Waals surface area contributed by atoms with Crippen LogP contribution in [0.3, 0.4) is 0 Å². The molecular weight excluding hydrogens is 432 g/mol. The predicted octanol–water partition coefficient (Wildman–Crippen LogP) is 2.52. The predicted molar refractivity (Wildman–Crippen MR) is 116 cm³/mol. The Kier molecular flexibility index (Phi) is 4.44. The van der Waals surface area contributed by atoms with E-state index in [0.717, 1.165) is 41.4 Å². The van der Waals surface area contributed by atoms with Crippen molar-refractivity contribution in [1.29, 1.82) is 0 Å². The molecule has 2 aliphatic rings. The van der Waals surface area contributed by atoms with Crippen molar-refractivity contribution in [2.24, 2.45) is 4.99 Å². The quantitative estimate of drug-likeness (QED) is 0.657. The van der Waals surface area contributed by atoms with E-state index >= 15 is 0 Å². The van der Waals surface area contributed by atoms with Crippen molar-refractivity contribution >= 4 is 33.6 Å². The molecular formula is C20H21BrN8. The van der Waals surface area contributed by atoms with Gasteiger partial charge in [-0.15, -0.1) is 0 Å². The molecule has 2 aliphatic heterocycles. The van der Waals surface area contributed by atoms with Gasteiger partial charge in [0.25, 0.3) is 0 Å². The number of nitrogens with zero attached hydrogens (tertiary/aromatic N) is 7. The molecule has 1 fully saturated rings. The highest BCUT2D eigenvalue weighted by Gasteiger charge is 2.34. The van der Waals surface area contributed by atoms with E-state index in [1.807, 2.05) is 29.1 Å². The Balaban J connectivity index is 1.50. The Bertz CT molecular complexity index is 1130. The van der Waals surface area contributed by atoms with Gasteiger partial charge in [-0.1, -0.05) is 6.08 Å². The molecule has 3 aromatic rings. The minimum atomic E-state index is -0.0505. The van der Waals surface area contributed by atoms with Crippen LogP contribution in [0.4, 0.5) is 5.82 Å². The number of hydrogen-bond acceptors (Lipinski definition) is 7. The maximum absolute atomic E-state index is 4.88. The van der Waals surface area contributed by atoms with Crippen LogP contribution < -0.4 is 10.2 Å². The fourth-order valence-electron chi connectivity index (χ4n) is 3.97. The van der Waals surface area contributed by atoms with Gasteiger partial charge in [0.2, 0.25) is 0 Å². The van der Waals surface area contributed by atoms with Crippen molar-refractivity contribution in [2.75, 3.05) is 24.5 Å². The van der Waals surface area contributed by atoms with Gasteiger partial charge in [0.15, 0.2) is 11.5 Å². The molecule has 1 atom stereocenters. The van der Waals surface area contributed by atoms with Gasteiger partial charge in [-0.3, -0.25) is 9.39 Å². The van der Waals surface area contributed by atoms with Gasteiger partial charge >= 0.3 is 0 Å². The van der Waals surface area contributed by atoms with E-state index in [9.17, 15) is 0 Å². The van der Waals surface area contributed by atoms with Crippen LogP contribution in [0.1, 0.15) is 13.8 Å². The third-order valence-corrected chi connectivity index (χ3v) is 5.60. The Morgan fingerprint density at radius 2 is 2.10 bits per heavy atom. The van der Waals surface area contributed by atoms with Crippen LogP contribution in [0.5, 0.6) is 0 Å². The molecule has 1 saturated heterocycles. The zero-order valence-corrected chi connectivity index (χ0v) is 17.8. The fourth-order valence-corrected chi connectivity index (χ4v) is 4.28. The summed E-state index contributed by atoms with van der Waals surface area (Å²) in [4.78, 5) is 24.7. The van der Waals surface area contributed by atoms with Gasteiger partial charge in [0, 0.05) is 37.2 Å². The first kappa shape index (κ1) is 18.4. The lowest BCUT2D eigenvalue weighted by molar-refractivity contribution is 0.313. The second kappa shape index (κ2) is 7.00. The molecule has 1 unspecified atom stereocenters. The summed E-state index contributed by atoms with van der Waals surface area (Å²) >= 11 is 3.42. The van der Waals surface area contributed by atoms with E-state index < -0.39 is 0 Å². The normalized spacial score (nSPS) is 21.0. The van der Waals surface area contributed by atoms with E-state index in [-0.39, 0.29) is 11.6 Å². The van der Waals surface area contributed by atoms with Crippen LogP contribution in [0.25, 0.3) is 17.2 Å². The molecule has 8 nitrogen and oxygen atoms in total. The third kappa shape index (κ3) is 3.56. The lowest BCUT2D eigenvalue weighted by Gasteiger charge is -2.44. The lowest BCUT2D eigenvalue weighted by Crippen LogP contribution is -2.62. The number of rotatable bonds is 3. The van der Waals surface area contributed by atoms with Crippen molar-refractivity contribution in [3.8, 4) is 11.5 Å². The zero-order valence-electron chi connectivity index (χ0n) is 16.2. The molecule has 29 heavy (non-hydrogen) atoms. The molecule has 0 spiro atoms. The summed E-state index contributed by atoms with van der Waals surface area (Å²) in [6.07, 6.45) is 11.4. The number of piperazine rings is 1. The summed E-state index contributed by atoms with van der Waals surface area (Å²) < 4.78 is 2.68. The average molecular weight is 453 g/mol. The van der Waals surface area contributed by atoms with Gasteiger partial charge in [0.1, 0.15) is 16.1 Å². The summed E-state index contributed by atoms with van der Waals surface area (Å²) in [6.45, 7) is 6.89. The van der Waals surface area contributed by atoms with Gasteiger partial charge in [-0.2, -0.15) is 0 Å². The molecule has 5 rings (SSSR count). The van der Waals surface area contributed by atoms with Crippen LogP contribution in [0.15, 0.2) is 52.1 Å². The van der Waals surface area contributed by atoms with Crippen LogP contribution in [-0.4, -0.2) is 61.8 Å². The summed E-state index contributed by atoms with van der Waals surface area (Å²) in [7, 11) is 0. The number of aromatic nitrogens is 5. The summed E-state index contributed by atoms with van der Waals surface area (Å²) in [5.74, 6) is 1.55. The molecule has 0 amide bonds. The van der Waals surface area contributed by atoms with Gasteiger partial charge in [-0.25, -0.2) is 19.9 Å². The minimum absolute atomic E-state index is 0.0505. The highest BCUT2D eigenvalue weighted by Crippen LogP contribution is 2.25. The number of nitrogens with one attached hydrogen (secondary N) is 1. The van der Waals surface area contributed by atoms with Crippen LogP contribution >= 0.6 is 15.9 Å². The number of aliphatic imine (C=N–C) groups is 1. The zero-order chi connectivity index (χ0) is 20.0. The second-order valence-electron chi connectivity index (χ2n) is 7.98. The van der Waals surface area contributed by atoms with Crippen LogP contribution in [-0.2, 0) is 0 Å². The molecule has 0 bridgehead atoms. The van der Waals surface area contributed by atoms with Crippen molar-refractivity contribution in [2.45, 2.75) is 25.4 Å². The first-order valence-electron chi connectivity index (χ1n) is 9.53. The average Bonchev–Trinajstić information content (AvgIpc) is 3.37. The molecule has 0 radical (unpaired) electrons. The van der Waals surface area contributed by atoms with E-state index in [1.165, 1.54) is 5.57 Å². The highest BCUT2D eigenvalue weighted by molar-refractivity contribution is 9.10. The van der Waals surface area contributed by atoms with Crippen LogP contribution in [0.2, 0.25) is 0 Å². The molecule has 1 N–H and O–H groups in total. The number of halogens is 1. The first-order valence-corrected chi connectivity index (χ1v) is 10.3. The molecule has 0 aromatic carbocycles. The van der Waals surface area contributed by atoms with Gasteiger partial charge in [0.05, 0.1) is 25.0 Å². The minimum Gasteiger partial charge on any atom is -0.353 e. The SMILES string of the molecule is CC1(C)CN(c2ccnc(-c3cnc4cnc(Br)cn34)n2)CC(C2=CCN=C2)N1. The molecule has 9 heteroatoms. The summed E-state index contributed by atoms with van der Waals surface area (Å²) in [5, 5.41) is 3.74. The van der Waals surface area contributed by atoms with E-state index in [4.69, 9.17) is 4.98 Å². The monoisotopic (exact) mass is 452 g/mol. The van der Waals surface area contributed by atoms with E-state index in [2.05, 4.69) is 66.0 Å². The van der Waals surface area contributed by atoms with E-state index in [0.29, 0.717) is 5.82 Å². The summed E-state index contributed by atoms with van der Waals surface area (Å²) in [5.41, 5.74) is 2.79. The first-order chi connectivity index (χ1) is 14.0. The summed E-state index contributed by atoms with van der Waals surface area (Å²) in [6, 6.07) is 2.20. The number of fused-ring (bicyclic) bond motifs is 1. The van der Waals surface area contributed by atoms with Crippen molar-refractivity contribution in [1.82, 2.24) is 29.7 Å². The smallest absolute Gasteiger partial charge is 0.180 e. The fraction of sp³-hybridized carbons (Fsp3) is 0.350. The van der Waals surface area contributed by atoms with Crippen molar-refractivity contribution in [3.63, 3.8) is 0 Å². The van der Waals surface area contributed by atoms with Crippen molar-refractivity contribution < 1.29 is 0 Å². The standard InChI is InChI=1S/C20H21BrN8/c1-20(2)12-28(10-14(27-20)13-3-5-22-7-13)17-4-6-23-19(26-17)15-8-25-18-9-24-16(21)11-29(15)18/h3-4,6-9,11,14,27H,5,10,12H2,1-2H3. The third-order valence-electron chi connectivity index (χ3n) is 5.19. The largest absolute Gasteiger partial charge is 0.353 e. The maximum atomic E-state index is 4.88. The second-order valence-corrected chi connectivity index (χ2v) is 8.79. The van der Waals surface area contributed by atoms with Crippen LogP contribution in [0, 0.1) is 0 Å². The molecule has 0 saturated carbocycles. The number of anilines is 1. The Hall–Kier alpha value is -2.65.